The number of hydrogen-bond acceptors (Lipinski definition) is 2. The van der Waals surface area contributed by atoms with Crippen molar-refractivity contribution in [2.45, 2.75) is 32.9 Å². The first kappa shape index (κ1) is 14.5. The lowest BCUT2D eigenvalue weighted by Gasteiger charge is -2.17. The normalized spacial score (nSPS) is 14.8. The fourth-order valence-electron chi connectivity index (χ4n) is 3.02. The maximum absolute atomic E-state index is 6.24. The molecule has 0 radical (unpaired) electrons. The molecule has 1 aliphatic heterocycles. The highest BCUT2D eigenvalue weighted by molar-refractivity contribution is 6.30. The lowest BCUT2D eigenvalue weighted by molar-refractivity contribution is 0.352. The van der Waals surface area contributed by atoms with E-state index < -0.39 is 0 Å². The van der Waals surface area contributed by atoms with Gasteiger partial charge < -0.3 is 14.6 Å². The maximum Gasteiger partial charge on any atom is 0.127 e. The Morgan fingerprint density at radius 1 is 1.43 bits per heavy atom. The zero-order valence-electron chi connectivity index (χ0n) is 12.5. The molecule has 0 fully saturated rings. The summed E-state index contributed by atoms with van der Waals surface area (Å²) in [6, 6.07) is 8.63. The van der Waals surface area contributed by atoms with E-state index in [1.165, 1.54) is 11.3 Å². The van der Waals surface area contributed by atoms with E-state index in [1.54, 1.807) is 0 Å². The van der Waals surface area contributed by atoms with Crippen LogP contribution in [0.5, 0.6) is 5.75 Å². The van der Waals surface area contributed by atoms with E-state index in [-0.39, 0.29) is 0 Å². The van der Waals surface area contributed by atoms with Crippen LogP contribution in [0.15, 0.2) is 30.5 Å². The maximum atomic E-state index is 6.24. The van der Waals surface area contributed by atoms with Crippen molar-refractivity contribution >= 4 is 11.6 Å². The molecule has 1 atom stereocenters. The summed E-state index contributed by atoms with van der Waals surface area (Å²) >= 11 is 6.24. The van der Waals surface area contributed by atoms with Crippen LogP contribution in [-0.2, 0) is 13.0 Å². The van der Waals surface area contributed by atoms with Crippen molar-refractivity contribution in [1.29, 1.82) is 0 Å². The van der Waals surface area contributed by atoms with Gasteiger partial charge in [-0.15, -0.1) is 0 Å². The molecule has 0 spiro atoms. The molecular formula is C17H21ClN2O. The first-order valence-electron chi connectivity index (χ1n) is 7.51. The van der Waals surface area contributed by atoms with E-state index in [0.717, 1.165) is 42.5 Å². The first-order valence-corrected chi connectivity index (χ1v) is 7.89. The Morgan fingerprint density at radius 2 is 2.29 bits per heavy atom. The molecule has 0 bridgehead atoms. The summed E-state index contributed by atoms with van der Waals surface area (Å²) in [6.07, 6.45) is 3.07. The van der Waals surface area contributed by atoms with Crippen LogP contribution in [0.4, 0.5) is 0 Å². The van der Waals surface area contributed by atoms with Crippen molar-refractivity contribution in [2.75, 3.05) is 13.2 Å². The number of benzene rings is 1. The van der Waals surface area contributed by atoms with Crippen molar-refractivity contribution in [3.8, 4) is 5.75 Å². The SMILES string of the molecule is CCNC(C)c1cccn1Cc1cc(Cl)cc2c1OCC2. The van der Waals surface area contributed by atoms with Crippen molar-refractivity contribution < 1.29 is 4.74 Å². The number of nitrogens with zero attached hydrogens (tertiary/aromatic N) is 1. The summed E-state index contributed by atoms with van der Waals surface area (Å²) in [4.78, 5) is 0. The fourth-order valence-corrected chi connectivity index (χ4v) is 3.29. The Bertz CT molecular complexity index is 636. The number of aromatic nitrogens is 1. The highest BCUT2D eigenvalue weighted by Gasteiger charge is 2.19. The average molecular weight is 305 g/mol. The quantitative estimate of drug-likeness (QED) is 0.909. The van der Waals surface area contributed by atoms with Gasteiger partial charge in [0, 0.05) is 34.9 Å². The van der Waals surface area contributed by atoms with E-state index >= 15 is 0 Å². The predicted octanol–water partition coefficient (Wildman–Crippen LogP) is 3.80. The minimum absolute atomic E-state index is 0.332. The Labute approximate surface area is 130 Å². The molecule has 0 aliphatic carbocycles. The third-order valence-corrected chi connectivity index (χ3v) is 4.20. The molecular weight excluding hydrogens is 284 g/mol. The molecule has 1 aromatic heterocycles. The molecule has 0 saturated carbocycles. The summed E-state index contributed by atoms with van der Waals surface area (Å²) < 4.78 is 8.06. The molecule has 1 aromatic carbocycles. The monoisotopic (exact) mass is 304 g/mol. The first-order chi connectivity index (χ1) is 10.2. The molecule has 0 amide bonds. The van der Waals surface area contributed by atoms with Crippen molar-refractivity contribution in [3.05, 3.63) is 52.3 Å². The van der Waals surface area contributed by atoms with E-state index in [4.69, 9.17) is 16.3 Å². The van der Waals surface area contributed by atoms with Crippen molar-refractivity contribution in [1.82, 2.24) is 9.88 Å². The topological polar surface area (TPSA) is 26.2 Å². The smallest absolute Gasteiger partial charge is 0.127 e. The van der Waals surface area contributed by atoms with E-state index in [1.807, 2.05) is 12.1 Å². The van der Waals surface area contributed by atoms with Crippen LogP contribution in [0, 0.1) is 0 Å². The third kappa shape index (κ3) is 2.94. The van der Waals surface area contributed by atoms with Crippen LogP contribution in [0.3, 0.4) is 0 Å². The van der Waals surface area contributed by atoms with Crippen LogP contribution >= 0.6 is 11.6 Å². The fraction of sp³-hybridized carbons (Fsp3) is 0.412. The van der Waals surface area contributed by atoms with Crippen molar-refractivity contribution in [2.24, 2.45) is 0 Å². The van der Waals surface area contributed by atoms with Gasteiger partial charge in [-0.1, -0.05) is 18.5 Å². The second-order valence-electron chi connectivity index (χ2n) is 5.49. The van der Waals surface area contributed by atoms with Gasteiger partial charge in [0.25, 0.3) is 0 Å². The lowest BCUT2D eigenvalue weighted by atomic mass is 10.1. The Hall–Kier alpha value is -1.45. The van der Waals surface area contributed by atoms with E-state index in [0.29, 0.717) is 6.04 Å². The van der Waals surface area contributed by atoms with Gasteiger partial charge in [0.15, 0.2) is 0 Å². The Morgan fingerprint density at radius 3 is 3.10 bits per heavy atom. The van der Waals surface area contributed by atoms with Gasteiger partial charge in [-0.2, -0.15) is 0 Å². The molecule has 112 valence electrons. The largest absolute Gasteiger partial charge is 0.493 e. The number of fused-ring (bicyclic) bond motifs is 1. The summed E-state index contributed by atoms with van der Waals surface area (Å²) in [5, 5.41) is 4.25. The molecule has 1 aliphatic rings. The summed E-state index contributed by atoms with van der Waals surface area (Å²) in [5.41, 5.74) is 3.67. The second-order valence-corrected chi connectivity index (χ2v) is 5.93. The molecule has 4 heteroatoms. The molecule has 1 unspecified atom stereocenters. The molecule has 2 aromatic rings. The van der Waals surface area contributed by atoms with Crippen LogP contribution in [0.2, 0.25) is 5.02 Å². The molecule has 3 rings (SSSR count). The summed E-state index contributed by atoms with van der Waals surface area (Å²) in [6.45, 7) is 6.83. The zero-order valence-corrected chi connectivity index (χ0v) is 13.3. The van der Waals surface area contributed by atoms with Gasteiger partial charge in [-0.05, 0) is 43.3 Å². The third-order valence-electron chi connectivity index (χ3n) is 3.98. The highest BCUT2D eigenvalue weighted by Crippen LogP contribution is 2.33. The number of hydrogen-bond donors (Lipinski definition) is 1. The lowest BCUT2D eigenvalue weighted by Crippen LogP contribution is -2.20. The van der Waals surface area contributed by atoms with Crippen LogP contribution in [-0.4, -0.2) is 17.7 Å². The van der Waals surface area contributed by atoms with Gasteiger partial charge in [0.1, 0.15) is 5.75 Å². The van der Waals surface area contributed by atoms with Crippen LogP contribution < -0.4 is 10.1 Å². The summed E-state index contributed by atoms with van der Waals surface area (Å²) in [5.74, 6) is 1.02. The minimum atomic E-state index is 0.332. The number of halogens is 1. The van der Waals surface area contributed by atoms with Gasteiger partial charge in [0.05, 0.1) is 13.2 Å². The predicted molar refractivity (Wildman–Crippen MR) is 86.3 cm³/mol. The minimum Gasteiger partial charge on any atom is -0.493 e. The van der Waals surface area contributed by atoms with Gasteiger partial charge in [0.2, 0.25) is 0 Å². The molecule has 2 heterocycles. The van der Waals surface area contributed by atoms with Gasteiger partial charge in [-0.25, -0.2) is 0 Å². The van der Waals surface area contributed by atoms with E-state index in [9.17, 15) is 0 Å². The highest BCUT2D eigenvalue weighted by atomic mass is 35.5. The van der Waals surface area contributed by atoms with Crippen LogP contribution in [0.1, 0.15) is 36.7 Å². The number of nitrogens with one attached hydrogen (secondary N) is 1. The Balaban J connectivity index is 1.90. The molecule has 21 heavy (non-hydrogen) atoms. The standard InChI is InChI=1S/C17H21ClN2O/c1-3-19-12(2)16-5-4-7-20(16)11-14-10-15(18)9-13-6-8-21-17(13)14/h4-5,7,9-10,12,19H,3,6,8,11H2,1-2H3. The second kappa shape index (κ2) is 6.12. The summed E-state index contributed by atoms with van der Waals surface area (Å²) in [7, 11) is 0. The zero-order chi connectivity index (χ0) is 14.8. The molecule has 0 saturated heterocycles. The van der Waals surface area contributed by atoms with Crippen molar-refractivity contribution in [3.63, 3.8) is 0 Å². The number of rotatable bonds is 5. The van der Waals surface area contributed by atoms with E-state index in [2.05, 4.69) is 42.1 Å². The molecule has 3 nitrogen and oxygen atoms in total. The van der Waals surface area contributed by atoms with Gasteiger partial charge in [-0.3, -0.25) is 0 Å². The molecule has 1 N–H and O–H groups in total. The number of ether oxygens (including phenoxy) is 1. The average Bonchev–Trinajstić information content (AvgIpc) is 3.07. The van der Waals surface area contributed by atoms with Crippen LogP contribution in [0.25, 0.3) is 0 Å². The Kier molecular flexibility index (Phi) is 4.22. The van der Waals surface area contributed by atoms with Gasteiger partial charge >= 0.3 is 0 Å².